The topological polar surface area (TPSA) is 122 Å². The van der Waals surface area contributed by atoms with Gasteiger partial charge in [0.2, 0.25) is 5.95 Å². The summed E-state index contributed by atoms with van der Waals surface area (Å²) in [6.07, 6.45) is 4.90. The molecule has 200 valence electrons. The Kier molecular flexibility index (Phi) is 7.40. The summed E-state index contributed by atoms with van der Waals surface area (Å²) in [5.74, 6) is -2.93. The van der Waals surface area contributed by atoms with E-state index in [9.17, 15) is 18.8 Å². The maximum Gasteiger partial charge on any atom is 0.313 e. The lowest BCUT2D eigenvalue weighted by Crippen LogP contribution is -2.46. The zero-order valence-electron chi connectivity index (χ0n) is 21.4. The van der Waals surface area contributed by atoms with Crippen molar-refractivity contribution in [1.82, 2.24) is 19.8 Å². The van der Waals surface area contributed by atoms with Crippen LogP contribution in [-0.4, -0.2) is 64.2 Å². The first-order chi connectivity index (χ1) is 18.2. The number of rotatable bonds is 4. The van der Waals surface area contributed by atoms with Crippen LogP contribution in [-0.2, 0) is 9.59 Å². The van der Waals surface area contributed by atoms with Gasteiger partial charge in [-0.2, -0.15) is 4.39 Å². The van der Waals surface area contributed by atoms with Crippen LogP contribution in [0.15, 0.2) is 30.5 Å². The highest BCUT2D eigenvalue weighted by Crippen LogP contribution is 2.38. The Balaban J connectivity index is 1.36. The number of primary amides is 1. The average Bonchev–Trinajstić information content (AvgIpc) is 3.33. The lowest BCUT2D eigenvalue weighted by atomic mass is 9.89. The number of hydrogen-bond donors (Lipinski definition) is 2. The summed E-state index contributed by atoms with van der Waals surface area (Å²) in [7, 11) is 2.15. The van der Waals surface area contributed by atoms with E-state index in [1.807, 2.05) is 12.1 Å². The van der Waals surface area contributed by atoms with Crippen molar-refractivity contribution in [3.8, 4) is 0 Å². The highest BCUT2D eigenvalue weighted by Gasteiger charge is 2.35. The first-order valence-corrected chi connectivity index (χ1v) is 13.7. The van der Waals surface area contributed by atoms with E-state index in [0.717, 1.165) is 71.8 Å². The fourth-order valence-electron chi connectivity index (χ4n) is 5.33. The van der Waals surface area contributed by atoms with Crippen LogP contribution >= 0.6 is 11.3 Å². The molecule has 0 radical (unpaired) electrons. The van der Waals surface area contributed by atoms with Crippen molar-refractivity contribution in [2.75, 3.05) is 32.0 Å². The first kappa shape index (κ1) is 26.2. The molecular weight excluding hydrogens is 507 g/mol. The molecule has 2 aliphatic heterocycles. The van der Waals surface area contributed by atoms with Crippen molar-refractivity contribution in [2.24, 2.45) is 11.7 Å². The summed E-state index contributed by atoms with van der Waals surface area (Å²) in [5.41, 5.74) is 6.59. The van der Waals surface area contributed by atoms with Gasteiger partial charge >= 0.3 is 11.8 Å². The van der Waals surface area contributed by atoms with Gasteiger partial charge in [0, 0.05) is 12.5 Å². The SMILES string of the molecule is C[C@H]1CC[C@H](c2ccc3sc(C4CCN(C)CC4)nc3c2)N(C(=O)C(=O)Nc2cnc(F)c(C(N)=O)c2)C1. The van der Waals surface area contributed by atoms with Crippen LogP contribution in [0.4, 0.5) is 10.1 Å². The smallest absolute Gasteiger partial charge is 0.313 e. The summed E-state index contributed by atoms with van der Waals surface area (Å²) in [6, 6.07) is 6.95. The van der Waals surface area contributed by atoms with Crippen molar-refractivity contribution >= 4 is 45.0 Å². The second kappa shape index (κ2) is 10.7. The van der Waals surface area contributed by atoms with Crippen LogP contribution in [0, 0.1) is 11.9 Å². The summed E-state index contributed by atoms with van der Waals surface area (Å²) < 4.78 is 14.8. The maximum absolute atomic E-state index is 13.7. The number of piperidine rings is 2. The molecule has 2 saturated heterocycles. The lowest BCUT2D eigenvalue weighted by Gasteiger charge is -2.38. The summed E-state index contributed by atoms with van der Waals surface area (Å²) in [5, 5.41) is 3.60. The third kappa shape index (κ3) is 5.39. The number of fused-ring (bicyclic) bond motifs is 1. The zero-order valence-corrected chi connectivity index (χ0v) is 22.3. The lowest BCUT2D eigenvalue weighted by molar-refractivity contribution is -0.146. The highest BCUT2D eigenvalue weighted by atomic mass is 32.1. The fraction of sp³-hybridized carbons (Fsp3) is 0.444. The van der Waals surface area contributed by atoms with E-state index in [-0.39, 0.29) is 17.6 Å². The number of aromatic nitrogens is 2. The molecule has 38 heavy (non-hydrogen) atoms. The van der Waals surface area contributed by atoms with E-state index in [0.29, 0.717) is 12.5 Å². The van der Waals surface area contributed by atoms with Gasteiger partial charge in [-0.05, 0) is 75.5 Å². The molecule has 9 nitrogen and oxygen atoms in total. The highest BCUT2D eigenvalue weighted by molar-refractivity contribution is 7.18. The molecule has 3 amide bonds. The van der Waals surface area contributed by atoms with Crippen molar-refractivity contribution < 1.29 is 18.8 Å². The standard InChI is InChI=1S/C27H31FN6O3S/c1-15-3-5-21(17-4-6-22-20(11-17)32-26(38-22)16-7-9-33(2)10-8-16)34(14-15)27(37)25(36)31-18-12-19(24(29)35)23(28)30-13-18/h4,6,11-13,15-16,21H,3,5,7-10,14H2,1-2H3,(H2,29,35)(H,31,36)/t15-,21+/m0/s1. The molecule has 2 fully saturated rings. The molecule has 2 aromatic heterocycles. The second-order valence-corrected chi connectivity index (χ2v) is 11.5. The van der Waals surface area contributed by atoms with Crippen LogP contribution in [0.5, 0.6) is 0 Å². The number of anilines is 1. The van der Waals surface area contributed by atoms with Gasteiger partial charge in [-0.15, -0.1) is 11.3 Å². The van der Waals surface area contributed by atoms with Gasteiger partial charge in [0.05, 0.1) is 38.7 Å². The van der Waals surface area contributed by atoms with E-state index < -0.39 is 29.2 Å². The number of nitrogens with two attached hydrogens (primary N) is 1. The molecule has 0 bridgehead atoms. The quantitative estimate of drug-likeness (QED) is 0.386. The molecule has 5 rings (SSSR count). The number of carbonyl (C=O) groups excluding carboxylic acids is 3. The van der Waals surface area contributed by atoms with E-state index in [1.54, 1.807) is 16.2 Å². The molecule has 3 aromatic rings. The number of thiazole rings is 1. The number of likely N-dealkylation sites (tertiary alicyclic amines) is 2. The largest absolute Gasteiger partial charge is 0.365 e. The van der Waals surface area contributed by atoms with E-state index in [1.165, 1.54) is 0 Å². The first-order valence-electron chi connectivity index (χ1n) is 12.9. The third-order valence-electron chi connectivity index (χ3n) is 7.52. The predicted octanol–water partition coefficient (Wildman–Crippen LogP) is 3.68. The van der Waals surface area contributed by atoms with Gasteiger partial charge in [0.15, 0.2) is 0 Å². The van der Waals surface area contributed by atoms with Crippen molar-refractivity contribution in [1.29, 1.82) is 0 Å². The molecule has 11 heteroatoms. The number of nitrogens with zero attached hydrogens (tertiary/aromatic N) is 4. The number of amides is 3. The molecule has 3 N–H and O–H groups in total. The van der Waals surface area contributed by atoms with Gasteiger partial charge in [-0.1, -0.05) is 13.0 Å². The van der Waals surface area contributed by atoms with Gasteiger partial charge in [-0.3, -0.25) is 14.4 Å². The molecule has 2 aliphatic rings. The van der Waals surface area contributed by atoms with Crippen molar-refractivity contribution in [3.63, 3.8) is 0 Å². The molecule has 0 aliphatic carbocycles. The molecule has 0 unspecified atom stereocenters. The Morgan fingerprint density at radius 1 is 1.13 bits per heavy atom. The van der Waals surface area contributed by atoms with E-state index in [4.69, 9.17) is 10.7 Å². The van der Waals surface area contributed by atoms with Crippen LogP contribution in [0.25, 0.3) is 10.2 Å². The van der Waals surface area contributed by atoms with Crippen molar-refractivity contribution in [3.05, 3.63) is 52.5 Å². The van der Waals surface area contributed by atoms with Crippen LogP contribution in [0.2, 0.25) is 0 Å². The Bertz CT molecular complexity index is 1390. The maximum atomic E-state index is 13.7. The molecule has 0 saturated carbocycles. The Morgan fingerprint density at radius 2 is 1.89 bits per heavy atom. The molecule has 4 heterocycles. The Labute approximate surface area is 224 Å². The fourth-order valence-corrected chi connectivity index (χ4v) is 6.44. The van der Waals surface area contributed by atoms with Gasteiger partial charge in [0.1, 0.15) is 0 Å². The average molecular weight is 539 g/mol. The summed E-state index contributed by atoms with van der Waals surface area (Å²) in [6.45, 7) is 4.63. The zero-order chi connectivity index (χ0) is 27.0. The van der Waals surface area contributed by atoms with Crippen molar-refractivity contribution in [2.45, 2.75) is 44.6 Å². The molecule has 2 atom stereocenters. The Hall–Kier alpha value is -3.44. The minimum atomic E-state index is -1.04. The van der Waals surface area contributed by atoms with Crippen LogP contribution in [0.1, 0.15) is 65.5 Å². The predicted molar refractivity (Wildman–Crippen MR) is 143 cm³/mol. The number of carbonyl (C=O) groups is 3. The van der Waals surface area contributed by atoms with Crippen LogP contribution in [0.3, 0.4) is 0 Å². The monoisotopic (exact) mass is 538 g/mol. The van der Waals surface area contributed by atoms with Gasteiger partial charge in [-0.25, -0.2) is 9.97 Å². The summed E-state index contributed by atoms with van der Waals surface area (Å²) >= 11 is 1.74. The number of halogens is 1. The molecule has 1 aromatic carbocycles. The third-order valence-corrected chi connectivity index (χ3v) is 8.71. The minimum absolute atomic E-state index is 0.0190. The number of pyridine rings is 1. The van der Waals surface area contributed by atoms with E-state index >= 15 is 0 Å². The van der Waals surface area contributed by atoms with E-state index in [2.05, 4.69) is 35.2 Å². The number of hydrogen-bond acceptors (Lipinski definition) is 7. The minimum Gasteiger partial charge on any atom is -0.365 e. The molecular formula is C27H31FN6O3S. The second-order valence-electron chi connectivity index (χ2n) is 10.4. The van der Waals surface area contributed by atoms with Gasteiger partial charge in [0.25, 0.3) is 5.91 Å². The molecule has 0 spiro atoms. The van der Waals surface area contributed by atoms with Crippen LogP contribution < -0.4 is 11.1 Å². The number of benzene rings is 1. The number of nitrogens with one attached hydrogen (secondary N) is 1. The van der Waals surface area contributed by atoms with Gasteiger partial charge < -0.3 is 20.9 Å². The Morgan fingerprint density at radius 3 is 2.63 bits per heavy atom. The summed E-state index contributed by atoms with van der Waals surface area (Å²) in [4.78, 5) is 50.0. The normalized spacial score (nSPS) is 21.0.